The van der Waals surface area contributed by atoms with E-state index < -0.39 is 71.8 Å². The number of aliphatic carboxylic acids is 1. The average Bonchev–Trinajstić information content (AvgIpc) is 2.17. The molecule has 21 nitrogen and oxygen atoms in total. The number of rotatable bonds is 39. The van der Waals surface area contributed by atoms with Crippen molar-refractivity contribution in [1.82, 2.24) is 30.3 Å². The fraction of sp³-hybridized carbons (Fsp3) is 0.588. The van der Waals surface area contributed by atoms with Crippen LogP contribution in [0, 0.1) is 35.5 Å². The van der Waals surface area contributed by atoms with E-state index in [4.69, 9.17) is 15.5 Å². The van der Waals surface area contributed by atoms with Crippen LogP contribution in [0.2, 0.25) is 0 Å². The normalized spacial score (nSPS) is 17.0. The highest BCUT2D eigenvalue weighted by Gasteiger charge is 2.39. The maximum absolute atomic E-state index is 14.7. The number of imide groups is 1. The Labute approximate surface area is 534 Å². The molecule has 3 heterocycles. The van der Waals surface area contributed by atoms with Gasteiger partial charge in [-0.3, -0.25) is 63.1 Å². The SMILES string of the molecule is CC[C@H](C)[C@H](CC(=O)[C@H]1CCCCN1C)C(=O)N(C)[C@H](C[C@@H](OC(=O)Nc1ccccc1)c1nc(C(=O)N[C@@H](Cc2ccc(CC(=O)[C@H](CCCCC(N)=O)NC(=O)[C@@H](CC(=O)CCCCCN3C(=O)C=CC3=O)C(C)C)cc2)C[C@H](C)C(=O)O)cs1)C(C)C. The maximum Gasteiger partial charge on any atom is 0.412 e. The standard InChI is InChI=1S/C68H96N8O13S/c1-10-44(6)52(39-58(79)55-25-18-20-33-74(55)8)66(85)75(9)56(43(4)5)40-59(89-68(88)71-48-21-13-11-14-22-48)65-73-54(41-90-65)64(84)70-49(35-45(7)67(86)87)36-46-27-29-47(30-28-46)37-57(78)53(24-16-17-26-60(69)80)72-63(83)51(42(2)3)38-50(77)23-15-12-19-34-76-61(81)31-32-62(76)82/h11,13-14,21-22,27-32,41-45,49,51-53,55-56,59H,10,12,15-20,23-26,33-40H2,1-9H3,(H2,69,80)(H,70,84)(H,71,88)(H,72,83)(H,86,87)/t44-,45-,49+,51-,52-,53-,55+,56+,59+/m0/s1. The van der Waals surface area contributed by atoms with Crippen molar-refractivity contribution < 1.29 is 62.6 Å². The van der Waals surface area contributed by atoms with Crippen LogP contribution >= 0.6 is 11.3 Å². The summed E-state index contributed by atoms with van der Waals surface area (Å²) in [6.45, 7) is 14.2. The largest absolute Gasteiger partial charge is 0.481 e. The minimum atomic E-state index is -1.06. The second-order valence-corrected chi connectivity index (χ2v) is 26.1. The zero-order valence-electron chi connectivity index (χ0n) is 54.0. The third kappa shape index (κ3) is 23.1. The van der Waals surface area contributed by atoms with Gasteiger partial charge >= 0.3 is 12.1 Å². The highest BCUT2D eigenvalue weighted by molar-refractivity contribution is 7.09. The molecule has 0 unspecified atom stereocenters. The van der Waals surface area contributed by atoms with Crippen LogP contribution in [0.4, 0.5) is 10.5 Å². The van der Waals surface area contributed by atoms with Crippen molar-refractivity contribution in [3.63, 3.8) is 0 Å². The number of carboxylic acid groups (broad SMARTS) is 1. The third-order valence-electron chi connectivity index (χ3n) is 17.6. The number of unbranched alkanes of at least 4 members (excludes halogenated alkanes) is 3. The van der Waals surface area contributed by atoms with E-state index in [0.29, 0.717) is 49.8 Å². The highest BCUT2D eigenvalue weighted by atomic mass is 32.1. The fourth-order valence-electron chi connectivity index (χ4n) is 11.7. The molecule has 0 spiro atoms. The molecule has 90 heavy (non-hydrogen) atoms. The Balaban J connectivity index is 1.29. The molecule has 0 bridgehead atoms. The third-order valence-corrected chi connectivity index (χ3v) is 18.5. The van der Waals surface area contributed by atoms with Crippen LogP contribution in [0.25, 0.3) is 0 Å². The number of likely N-dealkylation sites (tertiary alicyclic amines) is 1. The molecule has 3 aromatic rings. The molecule has 492 valence electrons. The second kappa shape index (κ2) is 36.4. The molecular formula is C68H96N8O13S. The molecule has 2 aliphatic heterocycles. The number of anilines is 1. The maximum atomic E-state index is 14.7. The topological polar surface area (TPSA) is 302 Å². The first-order valence-electron chi connectivity index (χ1n) is 32.0. The molecule has 0 radical (unpaired) electrons. The summed E-state index contributed by atoms with van der Waals surface area (Å²) in [4.78, 5) is 155. The van der Waals surface area contributed by atoms with Gasteiger partial charge in [-0.1, -0.05) is 117 Å². The summed E-state index contributed by atoms with van der Waals surface area (Å²) in [6, 6.07) is 13.4. The summed E-state index contributed by atoms with van der Waals surface area (Å²) in [5.41, 5.74) is 7.22. The van der Waals surface area contributed by atoms with Gasteiger partial charge in [-0.25, -0.2) is 9.78 Å². The lowest BCUT2D eigenvalue weighted by atomic mass is 9.83. The van der Waals surface area contributed by atoms with Crippen molar-refractivity contribution >= 4 is 81.9 Å². The highest BCUT2D eigenvalue weighted by Crippen LogP contribution is 2.34. The molecule has 9 atom stereocenters. The first kappa shape index (κ1) is 73.3. The smallest absolute Gasteiger partial charge is 0.412 e. The van der Waals surface area contributed by atoms with Crippen molar-refractivity contribution in [2.75, 3.05) is 32.5 Å². The van der Waals surface area contributed by atoms with Crippen molar-refractivity contribution in [2.45, 2.75) is 194 Å². The van der Waals surface area contributed by atoms with Crippen molar-refractivity contribution in [3.8, 4) is 0 Å². The average molecular weight is 1270 g/mol. The number of thiazole rings is 1. The van der Waals surface area contributed by atoms with E-state index in [2.05, 4.69) is 20.9 Å². The molecule has 2 aliphatic rings. The van der Waals surface area contributed by atoms with Crippen molar-refractivity contribution in [2.24, 2.45) is 41.2 Å². The molecule has 0 saturated carbocycles. The number of likely N-dealkylation sites (N-methyl/N-ethyl adjacent to an activating group) is 1. The predicted octanol–water partition coefficient (Wildman–Crippen LogP) is 9.22. The van der Waals surface area contributed by atoms with Crippen LogP contribution in [0.15, 0.2) is 72.1 Å². The number of ether oxygens (including phenoxy) is 1. The molecule has 0 aliphatic carbocycles. The van der Waals surface area contributed by atoms with Crippen LogP contribution in [0.3, 0.4) is 0 Å². The van der Waals surface area contributed by atoms with Gasteiger partial charge < -0.3 is 31.1 Å². The number of Topliss-reactive ketones (excluding diaryl/α,β-unsaturated/α-hetero) is 3. The van der Waals surface area contributed by atoms with E-state index >= 15 is 0 Å². The van der Waals surface area contributed by atoms with E-state index in [-0.39, 0.29) is 134 Å². The Morgan fingerprint density at radius 3 is 2.09 bits per heavy atom. The summed E-state index contributed by atoms with van der Waals surface area (Å²) in [5, 5.41) is 20.5. The van der Waals surface area contributed by atoms with Gasteiger partial charge in [0.05, 0.1) is 18.0 Å². The van der Waals surface area contributed by atoms with Gasteiger partial charge in [0.25, 0.3) is 17.7 Å². The van der Waals surface area contributed by atoms with Gasteiger partial charge in [-0.15, -0.1) is 11.3 Å². The quantitative estimate of drug-likeness (QED) is 0.0263. The van der Waals surface area contributed by atoms with Gasteiger partial charge in [0.15, 0.2) is 17.7 Å². The molecule has 6 N–H and O–H groups in total. The predicted molar refractivity (Wildman–Crippen MR) is 344 cm³/mol. The number of piperidine rings is 1. The Morgan fingerprint density at radius 1 is 0.800 bits per heavy atom. The van der Waals surface area contributed by atoms with Crippen LogP contribution in [0.1, 0.15) is 184 Å². The first-order chi connectivity index (χ1) is 42.8. The number of benzene rings is 2. The molecular weight excluding hydrogens is 1170 g/mol. The minimum Gasteiger partial charge on any atom is -0.481 e. The number of carbonyl (C=O) groups is 11. The molecule has 22 heteroatoms. The number of amides is 7. The fourth-order valence-corrected chi connectivity index (χ4v) is 12.6. The van der Waals surface area contributed by atoms with E-state index in [1.165, 1.54) is 17.5 Å². The van der Waals surface area contributed by atoms with E-state index in [0.717, 1.165) is 47.6 Å². The van der Waals surface area contributed by atoms with Crippen LogP contribution in [-0.4, -0.2) is 141 Å². The zero-order valence-corrected chi connectivity index (χ0v) is 54.9. The Morgan fingerprint density at radius 2 is 1.47 bits per heavy atom. The molecule has 1 fully saturated rings. The number of nitrogens with one attached hydrogen (secondary N) is 3. The Bertz CT molecular complexity index is 2950. The summed E-state index contributed by atoms with van der Waals surface area (Å²) in [5.74, 6) is -6.47. The van der Waals surface area contributed by atoms with Gasteiger partial charge in [-0.05, 0) is 106 Å². The van der Waals surface area contributed by atoms with Crippen molar-refractivity contribution in [3.05, 3.63) is 94.0 Å². The number of hydrogen-bond acceptors (Lipinski definition) is 15. The van der Waals surface area contributed by atoms with Crippen molar-refractivity contribution in [1.29, 1.82) is 0 Å². The van der Waals surface area contributed by atoms with Gasteiger partial charge in [0.2, 0.25) is 17.7 Å². The lowest BCUT2D eigenvalue weighted by Crippen LogP contribution is -2.48. The Kier molecular flexibility index (Phi) is 29.6. The minimum absolute atomic E-state index is 0.00266. The van der Waals surface area contributed by atoms with Gasteiger partial charge in [0, 0.05) is 99.3 Å². The van der Waals surface area contributed by atoms with Crippen LogP contribution < -0.4 is 21.7 Å². The number of carbonyl (C=O) groups excluding carboxylic acids is 10. The lowest BCUT2D eigenvalue weighted by molar-refractivity contribution is -0.143. The molecule has 5 rings (SSSR count). The number of carboxylic acids is 1. The van der Waals surface area contributed by atoms with E-state index in [1.54, 1.807) is 67.4 Å². The number of para-hydroxylation sites is 1. The Hall–Kier alpha value is -7.46. The first-order valence-corrected chi connectivity index (χ1v) is 32.9. The van der Waals surface area contributed by atoms with Crippen LogP contribution in [-0.2, 0) is 60.7 Å². The lowest BCUT2D eigenvalue weighted by Gasteiger charge is -2.37. The number of ketones is 3. The second-order valence-electron chi connectivity index (χ2n) is 25.3. The number of primary amides is 1. The number of nitrogens with two attached hydrogens (primary N) is 1. The summed E-state index contributed by atoms with van der Waals surface area (Å²) in [7, 11) is 3.68. The van der Waals surface area contributed by atoms with E-state index in [1.807, 2.05) is 54.7 Å². The monoisotopic (exact) mass is 1260 g/mol. The summed E-state index contributed by atoms with van der Waals surface area (Å²) in [6.07, 6.45) is 7.45. The molecule has 1 saturated heterocycles. The number of hydrogen-bond donors (Lipinski definition) is 5. The zero-order chi connectivity index (χ0) is 66.2. The molecule has 1 aromatic heterocycles. The summed E-state index contributed by atoms with van der Waals surface area (Å²) < 4.78 is 6.15. The number of aromatic nitrogens is 1. The molecule has 7 amide bonds. The van der Waals surface area contributed by atoms with Gasteiger partial charge in [0.1, 0.15) is 16.5 Å². The van der Waals surface area contributed by atoms with Gasteiger partial charge in [-0.2, -0.15) is 0 Å². The number of nitrogens with zero attached hydrogens (tertiary/aromatic N) is 4. The summed E-state index contributed by atoms with van der Waals surface area (Å²) >= 11 is 1.10. The molecule has 2 aromatic carbocycles. The van der Waals surface area contributed by atoms with E-state index in [9.17, 15) is 57.8 Å². The van der Waals surface area contributed by atoms with Crippen LogP contribution in [0.5, 0.6) is 0 Å².